The van der Waals surface area contributed by atoms with Crippen LogP contribution < -0.4 is 10.2 Å². The maximum absolute atomic E-state index is 14.1. The maximum atomic E-state index is 14.1. The van der Waals surface area contributed by atoms with E-state index in [4.69, 9.17) is 4.42 Å². The Balaban J connectivity index is 1.59. The second-order valence-electron chi connectivity index (χ2n) is 7.40. The molecule has 6 nitrogen and oxygen atoms in total. The molecule has 1 aliphatic heterocycles. The van der Waals surface area contributed by atoms with E-state index < -0.39 is 17.5 Å². The van der Waals surface area contributed by atoms with Crippen molar-refractivity contribution in [1.82, 2.24) is 4.90 Å². The molecule has 1 aromatic heterocycles. The molecule has 1 fully saturated rings. The number of nitrogens with zero attached hydrogens (tertiary/aromatic N) is 2. The number of carbonyl (C=O) groups is 2. The zero-order chi connectivity index (χ0) is 22.0. The Morgan fingerprint density at radius 1 is 1.13 bits per heavy atom. The number of hydrogen-bond acceptors (Lipinski definition) is 3. The first-order chi connectivity index (χ1) is 14.9. The molecule has 0 bridgehead atoms. The lowest BCUT2D eigenvalue weighted by Crippen LogP contribution is -2.49. The number of furan rings is 1. The van der Waals surface area contributed by atoms with Gasteiger partial charge in [-0.15, -0.1) is 0 Å². The largest absolute Gasteiger partial charge is 0.459 e. The summed E-state index contributed by atoms with van der Waals surface area (Å²) in [6.45, 7) is 2.70. The van der Waals surface area contributed by atoms with Gasteiger partial charge < -0.3 is 14.6 Å². The minimum absolute atomic E-state index is 0.0428. The molecule has 1 saturated heterocycles. The van der Waals surface area contributed by atoms with Gasteiger partial charge in [-0.3, -0.25) is 9.69 Å². The molecule has 3 aromatic rings. The molecule has 31 heavy (non-hydrogen) atoms. The number of benzene rings is 2. The summed E-state index contributed by atoms with van der Waals surface area (Å²) in [5.74, 6) is -1.40. The highest BCUT2D eigenvalue weighted by molar-refractivity contribution is 6.06. The number of amides is 3. The van der Waals surface area contributed by atoms with Crippen LogP contribution in [-0.2, 0) is 6.54 Å². The van der Waals surface area contributed by atoms with Gasteiger partial charge in [0.05, 0.1) is 24.2 Å². The van der Waals surface area contributed by atoms with E-state index in [9.17, 15) is 18.4 Å². The molecule has 0 radical (unpaired) electrons. The van der Waals surface area contributed by atoms with Crippen LogP contribution in [0.3, 0.4) is 0 Å². The lowest BCUT2D eigenvalue weighted by atomic mass is 10.1. The van der Waals surface area contributed by atoms with Crippen molar-refractivity contribution in [2.24, 2.45) is 0 Å². The second-order valence-corrected chi connectivity index (χ2v) is 7.40. The standard InChI is InChI=1S/C23H21F2N3O3/c1-15-5-8-20(19(12-15)26-22(29)21-4-2-11-31-21)28-10-3-9-27(23(28)30)14-16-13-17(24)6-7-18(16)25/h2,4-8,11-13H,3,9-10,14H2,1H3,(H,26,29). The molecule has 2 aromatic carbocycles. The normalized spacial score (nSPS) is 14.1. The van der Waals surface area contributed by atoms with Crippen LogP contribution in [0.1, 0.15) is 28.1 Å². The summed E-state index contributed by atoms with van der Waals surface area (Å²) in [6, 6.07) is 11.4. The Bertz CT molecular complexity index is 1120. The summed E-state index contributed by atoms with van der Waals surface area (Å²) >= 11 is 0. The predicted octanol–water partition coefficient (Wildman–Crippen LogP) is 4.95. The van der Waals surface area contributed by atoms with Crippen LogP contribution in [0.25, 0.3) is 0 Å². The Labute approximate surface area is 178 Å². The van der Waals surface area contributed by atoms with Crippen molar-refractivity contribution in [3.8, 4) is 0 Å². The SMILES string of the molecule is Cc1ccc(N2CCCN(Cc3cc(F)ccc3F)C2=O)c(NC(=O)c2ccco2)c1. The van der Waals surface area contributed by atoms with Gasteiger partial charge in [0.15, 0.2) is 5.76 Å². The monoisotopic (exact) mass is 425 g/mol. The third kappa shape index (κ3) is 4.42. The third-order valence-electron chi connectivity index (χ3n) is 5.12. The number of nitrogens with one attached hydrogen (secondary N) is 1. The lowest BCUT2D eigenvalue weighted by Gasteiger charge is -2.36. The number of urea groups is 1. The molecular formula is C23H21F2N3O3. The minimum atomic E-state index is -0.562. The highest BCUT2D eigenvalue weighted by Gasteiger charge is 2.29. The summed E-state index contributed by atoms with van der Waals surface area (Å²) in [5, 5.41) is 2.80. The fourth-order valence-corrected chi connectivity index (χ4v) is 3.60. The molecule has 0 atom stereocenters. The number of carbonyl (C=O) groups excluding carboxylic acids is 2. The first kappa shape index (κ1) is 20.6. The molecular weight excluding hydrogens is 404 g/mol. The van der Waals surface area contributed by atoms with Gasteiger partial charge >= 0.3 is 6.03 Å². The van der Waals surface area contributed by atoms with Crippen LogP contribution in [0.2, 0.25) is 0 Å². The Hall–Kier alpha value is -3.68. The van der Waals surface area contributed by atoms with E-state index in [0.29, 0.717) is 30.9 Å². The van der Waals surface area contributed by atoms with Gasteiger partial charge in [-0.1, -0.05) is 6.07 Å². The van der Waals surface area contributed by atoms with Crippen molar-refractivity contribution in [3.63, 3.8) is 0 Å². The fraction of sp³-hybridized carbons (Fsp3) is 0.217. The summed E-state index contributed by atoms with van der Waals surface area (Å²) in [5.41, 5.74) is 2.01. The molecule has 0 unspecified atom stereocenters. The number of hydrogen-bond donors (Lipinski definition) is 1. The predicted molar refractivity (Wildman–Crippen MR) is 112 cm³/mol. The molecule has 0 aliphatic carbocycles. The Morgan fingerprint density at radius 3 is 2.74 bits per heavy atom. The molecule has 160 valence electrons. The summed E-state index contributed by atoms with van der Waals surface area (Å²) in [6.07, 6.45) is 2.05. The van der Waals surface area contributed by atoms with E-state index in [2.05, 4.69) is 5.32 Å². The van der Waals surface area contributed by atoms with E-state index >= 15 is 0 Å². The van der Waals surface area contributed by atoms with Crippen molar-refractivity contribution in [2.75, 3.05) is 23.3 Å². The minimum Gasteiger partial charge on any atom is -0.459 e. The highest BCUT2D eigenvalue weighted by atomic mass is 19.1. The van der Waals surface area contributed by atoms with Gasteiger partial charge in [0.25, 0.3) is 5.91 Å². The fourth-order valence-electron chi connectivity index (χ4n) is 3.60. The quantitative estimate of drug-likeness (QED) is 0.629. The van der Waals surface area contributed by atoms with Crippen molar-refractivity contribution in [3.05, 3.63) is 83.3 Å². The average molecular weight is 425 g/mol. The summed E-state index contributed by atoms with van der Waals surface area (Å²) in [7, 11) is 0. The molecule has 3 amide bonds. The van der Waals surface area contributed by atoms with Crippen LogP contribution in [0.4, 0.5) is 25.0 Å². The zero-order valence-electron chi connectivity index (χ0n) is 16.9. The summed E-state index contributed by atoms with van der Waals surface area (Å²) < 4.78 is 32.8. The van der Waals surface area contributed by atoms with Gasteiger partial charge in [0, 0.05) is 18.7 Å². The van der Waals surface area contributed by atoms with Crippen molar-refractivity contribution in [1.29, 1.82) is 0 Å². The third-order valence-corrected chi connectivity index (χ3v) is 5.12. The number of anilines is 2. The van der Waals surface area contributed by atoms with Gasteiger partial charge in [-0.2, -0.15) is 0 Å². The van der Waals surface area contributed by atoms with E-state index in [1.165, 1.54) is 16.1 Å². The van der Waals surface area contributed by atoms with Gasteiger partial charge in [-0.25, -0.2) is 13.6 Å². The van der Waals surface area contributed by atoms with Crippen LogP contribution >= 0.6 is 0 Å². The number of aryl methyl sites for hydroxylation is 1. The molecule has 4 rings (SSSR count). The molecule has 1 aliphatic rings. The number of halogens is 2. The van der Waals surface area contributed by atoms with Crippen LogP contribution in [0, 0.1) is 18.6 Å². The van der Waals surface area contributed by atoms with Gasteiger partial charge in [0.2, 0.25) is 0 Å². The van der Waals surface area contributed by atoms with Crippen molar-refractivity contribution >= 4 is 23.3 Å². The second kappa shape index (κ2) is 8.59. The van der Waals surface area contributed by atoms with Crippen molar-refractivity contribution < 1.29 is 22.8 Å². The zero-order valence-corrected chi connectivity index (χ0v) is 16.9. The van der Waals surface area contributed by atoms with E-state index in [0.717, 1.165) is 23.8 Å². The van der Waals surface area contributed by atoms with Gasteiger partial charge in [-0.05, 0) is 61.4 Å². The molecule has 2 heterocycles. The average Bonchev–Trinajstić information content (AvgIpc) is 3.28. The lowest BCUT2D eigenvalue weighted by molar-refractivity contribution is 0.0996. The van der Waals surface area contributed by atoms with Crippen LogP contribution in [-0.4, -0.2) is 29.9 Å². The smallest absolute Gasteiger partial charge is 0.324 e. The Kier molecular flexibility index (Phi) is 5.70. The molecule has 8 heteroatoms. The first-order valence-electron chi connectivity index (χ1n) is 9.88. The van der Waals surface area contributed by atoms with E-state index in [-0.39, 0.29) is 23.9 Å². The Morgan fingerprint density at radius 2 is 1.97 bits per heavy atom. The van der Waals surface area contributed by atoms with Crippen LogP contribution in [0.15, 0.2) is 59.2 Å². The van der Waals surface area contributed by atoms with Gasteiger partial charge in [0.1, 0.15) is 11.6 Å². The van der Waals surface area contributed by atoms with E-state index in [1.54, 1.807) is 24.3 Å². The molecule has 1 N–H and O–H groups in total. The topological polar surface area (TPSA) is 65.8 Å². The molecule has 0 spiro atoms. The van der Waals surface area contributed by atoms with Crippen LogP contribution in [0.5, 0.6) is 0 Å². The van der Waals surface area contributed by atoms with E-state index in [1.807, 2.05) is 13.0 Å². The highest BCUT2D eigenvalue weighted by Crippen LogP contribution is 2.31. The summed E-state index contributed by atoms with van der Waals surface area (Å²) in [4.78, 5) is 28.7. The van der Waals surface area contributed by atoms with Crippen molar-refractivity contribution in [2.45, 2.75) is 19.9 Å². The molecule has 0 saturated carbocycles. The maximum Gasteiger partial charge on any atom is 0.324 e. The first-order valence-corrected chi connectivity index (χ1v) is 9.88. The number of rotatable bonds is 5.